The van der Waals surface area contributed by atoms with Gasteiger partial charge < -0.3 is 9.47 Å². The monoisotopic (exact) mass is 598 g/mol. The van der Waals surface area contributed by atoms with Crippen molar-refractivity contribution in [2.24, 2.45) is 5.92 Å². The van der Waals surface area contributed by atoms with Crippen LogP contribution in [0.15, 0.2) is 72.8 Å². The number of benzene rings is 3. The van der Waals surface area contributed by atoms with Gasteiger partial charge in [0.2, 0.25) is 5.91 Å². The van der Waals surface area contributed by atoms with Crippen LogP contribution < -0.4 is 19.4 Å². The highest BCUT2D eigenvalue weighted by Crippen LogP contribution is 2.49. The normalized spacial score (nSPS) is 21.1. The number of amides is 2. The highest BCUT2D eigenvalue weighted by Gasteiger charge is 2.60. The number of halogens is 1. The van der Waals surface area contributed by atoms with E-state index >= 15 is 0 Å². The number of para-hydroxylation sites is 2. The summed E-state index contributed by atoms with van der Waals surface area (Å²) < 4.78 is 12.4. The van der Waals surface area contributed by atoms with Gasteiger partial charge in [-0.25, -0.2) is 9.96 Å². The topological polar surface area (TPSA) is 68.3 Å². The summed E-state index contributed by atoms with van der Waals surface area (Å²) in [6, 6.07) is 22.0. The van der Waals surface area contributed by atoms with Crippen molar-refractivity contribution in [2.75, 3.05) is 23.7 Å². The van der Waals surface area contributed by atoms with E-state index in [0.29, 0.717) is 23.8 Å². The Kier molecular flexibility index (Phi) is 7.15. The van der Waals surface area contributed by atoms with E-state index in [1.54, 1.807) is 18.2 Å². The number of fused-ring (bicyclic) bond motifs is 1. The first-order chi connectivity index (χ1) is 17.5. The van der Waals surface area contributed by atoms with Crippen LogP contribution in [0.25, 0.3) is 0 Å². The maximum atomic E-state index is 13.8. The first-order valence-electron chi connectivity index (χ1n) is 12.0. The van der Waals surface area contributed by atoms with Gasteiger partial charge in [0.05, 0.1) is 31.1 Å². The molecule has 2 amide bonds. The minimum Gasteiger partial charge on any atom is -0.493 e. The summed E-state index contributed by atoms with van der Waals surface area (Å²) in [7, 11) is 1.60. The summed E-state index contributed by atoms with van der Waals surface area (Å²) >= 11 is 2.14. The number of hydroxylamine groups is 1. The fourth-order valence-corrected chi connectivity index (χ4v) is 5.37. The van der Waals surface area contributed by atoms with Crippen LogP contribution >= 0.6 is 22.6 Å². The summed E-state index contributed by atoms with van der Waals surface area (Å²) in [4.78, 5) is 34.9. The molecule has 5 rings (SSSR count). The lowest BCUT2D eigenvalue weighted by molar-refractivity contribution is -0.126. The summed E-state index contributed by atoms with van der Waals surface area (Å²) in [5.74, 6) is -0.133. The molecule has 8 heteroatoms. The number of nitrogens with zero attached hydrogens (tertiary/aromatic N) is 2. The van der Waals surface area contributed by atoms with Crippen molar-refractivity contribution in [1.82, 2.24) is 0 Å². The molecular formula is C28H27IN2O5. The van der Waals surface area contributed by atoms with E-state index in [4.69, 9.17) is 14.3 Å². The zero-order chi connectivity index (χ0) is 25.2. The van der Waals surface area contributed by atoms with E-state index in [1.165, 1.54) is 4.90 Å². The van der Waals surface area contributed by atoms with Crippen LogP contribution in [-0.2, 0) is 14.4 Å². The van der Waals surface area contributed by atoms with Gasteiger partial charge in [0.25, 0.3) is 5.91 Å². The standard InChI is InChI=1S/C28H27IN2O5/c1-3-4-16-35-22-15-14-18(17-23(22)34-2)25-24-26(36-31(25)19-10-6-5-7-11-19)28(33)30(27(24)32)21-13-9-8-12-20(21)29/h5-15,17,24-26H,3-4,16H2,1-2H3/t24-,25+,26+/m0/s1. The van der Waals surface area contributed by atoms with Gasteiger partial charge in [-0.05, 0) is 71.0 Å². The molecule has 3 aromatic rings. The summed E-state index contributed by atoms with van der Waals surface area (Å²) in [6.45, 7) is 2.70. The van der Waals surface area contributed by atoms with Crippen LogP contribution in [0.1, 0.15) is 31.4 Å². The summed E-state index contributed by atoms with van der Waals surface area (Å²) in [5, 5.41) is 1.69. The van der Waals surface area contributed by atoms with Crippen LogP contribution in [0, 0.1) is 9.49 Å². The quantitative estimate of drug-likeness (QED) is 0.193. The second kappa shape index (κ2) is 10.5. The second-order valence-corrected chi connectivity index (χ2v) is 9.90. The molecule has 0 unspecified atom stereocenters. The number of unbranched alkanes of at least 4 members (excludes halogenated alkanes) is 1. The number of hydrogen-bond donors (Lipinski definition) is 0. The molecule has 0 saturated carbocycles. The molecule has 36 heavy (non-hydrogen) atoms. The molecule has 0 bridgehead atoms. The van der Waals surface area contributed by atoms with Crippen molar-refractivity contribution < 1.29 is 23.9 Å². The van der Waals surface area contributed by atoms with E-state index < -0.39 is 18.1 Å². The first kappa shape index (κ1) is 24.6. The summed E-state index contributed by atoms with van der Waals surface area (Å²) in [6.07, 6.45) is 1.05. The lowest BCUT2D eigenvalue weighted by Gasteiger charge is -2.29. The molecular weight excluding hydrogens is 571 g/mol. The van der Waals surface area contributed by atoms with E-state index in [1.807, 2.05) is 66.7 Å². The molecule has 2 aliphatic rings. The molecule has 2 saturated heterocycles. The van der Waals surface area contributed by atoms with E-state index in [2.05, 4.69) is 29.5 Å². The number of anilines is 2. The van der Waals surface area contributed by atoms with Gasteiger partial charge in [-0.3, -0.25) is 14.4 Å². The van der Waals surface area contributed by atoms with Crippen molar-refractivity contribution in [2.45, 2.75) is 31.9 Å². The number of carbonyl (C=O) groups is 2. The SMILES string of the molecule is CCCCOc1ccc([C@@H]2[C@@H]3C(=O)N(c4ccccc4I)C(=O)[C@@H]3ON2c2ccccc2)cc1OC. The molecule has 0 spiro atoms. The maximum absolute atomic E-state index is 13.8. The molecule has 0 radical (unpaired) electrons. The van der Waals surface area contributed by atoms with Gasteiger partial charge in [-0.15, -0.1) is 0 Å². The molecule has 7 nitrogen and oxygen atoms in total. The number of hydrogen-bond acceptors (Lipinski definition) is 6. The highest BCUT2D eigenvalue weighted by atomic mass is 127. The fraction of sp³-hybridized carbons (Fsp3) is 0.286. The van der Waals surface area contributed by atoms with Gasteiger partial charge in [0, 0.05) is 3.57 Å². The second-order valence-electron chi connectivity index (χ2n) is 8.73. The smallest absolute Gasteiger partial charge is 0.266 e. The predicted molar refractivity (Wildman–Crippen MR) is 145 cm³/mol. The number of methoxy groups -OCH3 is 1. The largest absolute Gasteiger partial charge is 0.493 e. The van der Waals surface area contributed by atoms with Crippen molar-refractivity contribution in [3.63, 3.8) is 0 Å². The molecule has 3 aromatic carbocycles. The number of imide groups is 1. The van der Waals surface area contributed by atoms with Gasteiger partial charge in [0.1, 0.15) is 5.92 Å². The minimum atomic E-state index is -0.926. The van der Waals surface area contributed by atoms with Crippen molar-refractivity contribution in [1.29, 1.82) is 0 Å². The molecule has 2 fully saturated rings. The molecule has 0 aromatic heterocycles. The Morgan fingerprint density at radius 2 is 1.69 bits per heavy atom. The molecule has 3 atom stereocenters. The van der Waals surface area contributed by atoms with Crippen molar-refractivity contribution in [3.8, 4) is 11.5 Å². The van der Waals surface area contributed by atoms with E-state index in [-0.39, 0.29) is 11.8 Å². The zero-order valence-electron chi connectivity index (χ0n) is 20.1. The van der Waals surface area contributed by atoms with Crippen LogP contribution in [0.4, 0.5) is 11.4 Å². The molecule has 2 heterocycles. The zero-order valence-corrected chi connectivity index (χ0v) is 22.3. The third-order valence-electron chi connectivity index (χ3n) is 6.50. The Hall–Kier alpha value is -3.11. The van der Waals surface area contributed by atoms with Crippen LogP contribution in [0.3, 0.4) is 0 Å². The Morgan fingerprint density at radius 1 is 0.944 bits per heavy atom. The number of carbonyl (C=O) groups excluding carboxylic acids is 2. The third-order valence-corrected chi connectivity index (χ3v) is 7.42. The lowest BCUT2D eigenvalue weighted by Crippen LogP contribution is -2.37. The van der Waals surface area contributed by atoms with E-state index in [9.17, 15) is 9.59 Å². The lowest BCUT2D eigenvalue weighted by atomic mass is 9.90. The number of ether oxygens (including phenoxy) is 2. The van der Waals surface area contributed by atoms with Gasteiger partial charge >= 0.3 is 0 Å². The average molecular weight is 598 g/mol. The molecule has 186 valence electrons. The molecule has 0 N–H and O–H groups in total. The van der Waals surface area contributed by atoms with Crippen molar-refractivity contribution >= 4 is 45.8 Å². The van der Waals surface area contributed by atoms with Crippen LogP contribution in [0.2, 0.25) is 0 Å². The Bertz CT molecular complexity index is 1270. The average Bonchev–Trinajstić information content (AvgIpc) is 3.41. The van der Waals surface area contributed by atoms with Gasteiger partial charge in [-0.1, -0.05) is 49.7 Å². The molecule has 2 aliphatic heterocycles. The summed E-state index contributed by atoms with van der Waals surface area (Å²) in [5.41, 5.74) is 2.14. The Morgan fingerprint density at radius 3 is 2.42 bits per heavy atom. The Balaban J connectivity index is 1.56. The third kappa shape index (κ3) is 4.32. The minimum absolute atomic E-state index is 0.278. The highest BCUT2D eigenvalue weighted by molar-refractivity contribution is 14.1. The number of rotatable bonds is 8. The van der Waals surface area contributed by atoms with Crippen LogP contribution in [0.5, 0.6) is 11.5 Å². The fourth-order valence-electron chi connectivity index (χ4n) is 4.74. The molecule has 0 aliphatic carbocycles. The Labute approximate surface area is 224 Å². The predicted octanol–water partition coefficient (Wildman–Crippen LogP) is 5.53. The van der Waals surface area contributed by atoms with Gasteiger partial charge in [0.15, 0.2) is 17.6 Å². The first-order valence-corrected chi connectivity index (χ1v) is 13.1. The van der Waals surface area contributed by atoms with Gasteiger partial charge in [-0.2, -0.15) is 0 Å². The van der Waals surface area contributed by atoms with Crippen molar-refractivity contribution in [3.05, 3.63) is 81.9 Å². The van der Waals surface area contributed by atoms with Crippen LogP contribution in [-0.4, -0.2) is 31.6 Å². The maximum Gasteiger partial charge on any atom is 0.266 e. The van der Waals surface area contributed by atoms with E-state index in [0.717, 1.165) is 27.7 Å².